The number of nitrogens with zero attached hydrogens (tertiary/aromatic N) is 1. The topological polar surface area (TPSA) is 71.1 Å². The second-order valence-electron chi connectivity index (χ2n) is 7.81. The van der Waals surface area contributed by atoms with Gasteiger partial charge in [0.05, 0.1) is 5.69 Å². The molecule has 0 saturated heterocycles. The number of nitrogens with one attached hydrogen (secondary N) is 2. The number of thiazole rings is 1. The van der Waals surface area contributed by atoms with Gasteiger partial charge in [0, 0.05) is 10.9 Å². The maximum atomic E-state index is 12.6. The van der Waals surface area contributed by atoms with Crippen LogP contribution in [-0.4, -0.2) is 22.8 Å². The number of aryl methyl sites for hydroxylation is 1. The minimum absolute atomic E-state index is 0.0290. The number of hydrogen-bond donors (Lipinski definition) is 2. The van der Waals surface area contributed by atoms with E-state index in [1.165, 1.54) is 11.3 Å². The van der Waals surface area contributed by atoms with E-state index in [0.29, 0.717) is 10.7 Å². The quantitative estimate of drug-likeness (QED) is 0.827. The van der Waals surface area contributed by atoms with Crippen LogP contribution in [0.2, 0.25) is 0 Å². The summed E-state index contributed by atoms with van der Waals surface area (Å²) in [6, 6.07) is 6.88. The van der Waals surface area contributed by atoms with E-state index in [-0.39, 0.29) is 23.1 Å². The SMILES string of the molecule is Cc1csc(NC(=O)[C@@H](NC(=O)c2ccc(C(C)(C)C)cc2)C(C)C)n1. The molecular formula is C20H27N3O2S. The average Bonchev–Trinajstić information content (AvgIpc) is 2.96. The van der Waals surface area contributed by atoms with Crippen molar-refractivity contribution in [1.29, 1.82) is 0 Å². The number of benzene rings is 1. The molecule has 0 spiro atoms. The lowest BCUT2D eigenvalue weighted by atomic mass is 9.86. The van der Waals surface area contributed by atoms with Gasteiger partial charge in [-0.2, -0.15) is 0 Å². The Balaban J connectivity index is 2.08. The maximum Gasteiger partial charge on any atom is 0.251 e. The van der Waals surface area contributed by atoms with E-state index in [9.17, 15) is 9.59 Å². The van der Waals surface area contributed by atoms with Crippen LogP contribution < -0.4 is 10.6 Å². The third-order valence-corrected chi connectivity index (χ3v) is 4.97. The van der Waals surface area contributed by atoms with Gasteiger partial charge in [0.25, 0.3) is 5.91 Å². The van der Waals surface area contributed by atoms with Crippen molar-refractivity contribution in [3.8, 4) is 0 Å². The van der Waals surface area contributed by atoms with Crippen molar-refractivity contribution in [3.05, 3.63) is 46.5 Å². The zero-order valence-electron chi connectivity index (χ0n) is 16.2. The Hall–Kier alpha value is -2.21. The summed E-state index contributed by atoms with van der Waals surface area (Å²) in [7, 11) is 0. The lowest BCUT2D eigenvalue weighted by Gasteiger charge is -2.22. The lowest BCUT2D eigenvalue weighted by Crippen LogP contribution is -2.47. The summed E-state index contributed by atoms with van der Waals surface area (Å²) >= 11 is 1.37. The molecule has 1 atom stereocenters. The fourth-order valence-corrected chi connectivity index (χ4v) is 3.17. The van der Waals surface area contributed by atoms with E-state index in [1.807, 2.05) is 38.3 Å². The first-order valence-corrected chi connectivity index (χ1v) is 9.60. The van der Waals surface area contributed by atoms with Crippen LogP contribution in [0.5, 0.6) is 0 Å². The van der Waals surface area contributed by atoms with Crippen LogP contribution in [0.3, 0.4) is 0 Å². The van der Waals surface area contributed by atoms with Crippen molar-refractivity contribution < 1.29 is 9.59 Å². The molecule has 2 aromatic rings. The first-order chi connectivity index (χ1) is 12.1. The highest BCUT2D eigenvalue weighted by Gasteiger charge is 2.25. The smallest absolute Gasteiger partial charge is 0.251 e. The van der Waals surface area contributed by atoms with Gasteiger partial charge in [-0.05, 0) is 36.0 Å². The zero-order valence-corrected chi connectivity index (χ0v) is 17.0. The predicted octanol–water partition coefficient (Wildman–Crippen LogP) is 4.14. The molecule has 1 heterocycles. The summed E-state index contributed by atoms with van der Waals surface area (Å²) in [6.07, 6.45) is 0. The molecule has 2 N–H and O–H groups in total. The van der Waals surface area contributed by atoms with E-state index >= 15 is 0 Å². The Bertz CT molecular complexity index is 773. The molecule has 6 heteroatoms. The normalized spacial score (nSPS) is 12.7. The molecule has 26 heavy (non-hydrogen) atoms. The maximum absolute atomic E-state index is 12.6. The summed E-state index contributed by atoms with van der Waals surface area (Å²) in [5.74, 6) is -0.558. The molecule has 2 rings (SSSR count). The molecule has 0 aliphatic rings. The molecule has 0 fully saturated rings. The highest BCUT2D eigenvalue weighted by atomic mass is 32.1. The van der Waals surface area contributed by atoms with Crippen molar-refractivity contribution >= 4 is 28.3 Å². The molecule has 0 aliphatic carbocycles. The largest absolute Gasteiger partial charge is 0.340 e. The predicted molar refractivity (Wildman–Crippen MR) is 107 cm³/mol. The van der Waals surface area contributed by atoms with Crippen molar-refractivity contribution in [2.45, 2.75) is 53.0 Å². The van der Waals surface area contributed by atoms with Crippen molar-refractivity contribution in [2.24, 2.45) is 5.92 Å². The average molecular weight is 374 g/mol. The van der Waals surface area contributed by atoms with Gasteiger partial charge in [-0.1, -0.05) is 46.8 Å². The van der Waals surface area contributed by atoms with Crippen molar-refractivity contribution in [2.75, 3.05) is 5.32 Å². The number of carbonyl (C=O) groups is 2. The summed E-state index contributed by atoms with van der Waals surface area (Å²) in [5.41, 5.74) is 2.59. The summed E-state index contributed by atoms with van der Waals surface area (Å²) in [4.78, 5) is 29.4. The number of anilines is 1. The van der Waals surface area contributed by atoms with Crippen LogP contribution in [0.1, 0.15) is 56.2 Å². The van der Waals surface area contributed by atoms with Crippen LogP contribution in [0.4, 0.5) is 5.13 Å². The monoisotopic (exact) mass is 373 g/mol. The zero-order chi connectivity index (χ0) is 19.5. The Labute approximate surface area is 159 Å². The standard InChI is InChI=1S/C20H27N3O2S/c1-12(2)16(18(25)23-19-21-13(3)11-26-19)22-17(24)14-7-9-15(10-8-14)20(4,5)6/h7-12,16H,1-6H3,(H,22,24)(H,21,23,25)/t16-/m0/s1. The Morgan fingerprint density at radius 3 is 2.19 bits per heavy atom. The fourth-order valence-electron chi connectivity index (χ4n) is 2.48. The first kappa shape index (κ1) is 20.1. The summed E-state index contributed by atoms with van der Waals surface area (Å²) in [5, 5.41) is 8.04. The summed E-state index contributed by atoms with van der Waals surface area (Å²) in [6.45, 7) is 12.1. The third-order valence-electron chi connectivity index (χ3n) is 4.10. The highest BCUT2D eigenvalue weighted by molar-refractivity contribution is 7.13. The van der Waals surface area contributed by atoms with Gasteiger partial charge in [-0.15, -0.1) is 11.3 Å². The number of carbonyl (C=O) groups excluding carboxylic acids is 2. The second kappa shape index (κ2) is 7.99. The molecule has 2 amide bonds. The molecular weight excluding hydrogens is 346 g/mol. The van der Waals surface area contributed by atoms with Crippen molar-refractivity contribution in [1.82, 2.24) is 10.3 Å². The Kier molecular flexibility index (Phi) is 6.18. The van der Waals surface area contributed by atoms with Crippen LogP contribution in [-0.2, 0) is 10.2 Å². The molecule has 1 aromatic carbocycles. The van der Waals surface area contributed by atoms with E-state index < -0.39 is 6.04 Å². The van der Waals surface area contributed by atoms with Crippen LogP contribution in [0.15, 0.2) is 29.6 Å². The van der Waals surface area contributed by atoms with Gasteiger partial charge in [-0.3, -0.25) is 9.59 Å². The van der Waals surface area contributed by atoms with E-state index in [0.717, 1.165) is 11.3 Å². The number of amides is 2. The molecule has 0 radical (unpaired) electrons. The minimum Gasteiger partial charge on any atom is -0.340 e. The highest BCUT2D eigenvalue weighted by Crippen LogP contribution is 2.22. The molecule has 0 aliphatic heterocycles. The van der Waals surface area contributed by atoms with E-state index in [2.05, 4.69) is 36.4 Å². The van der Waals surface area contributed by atoms with Crippen molar-refractivity contribution in [3.63, 3.8) is 0 Å². The van der Waals surface area contributed by atoms with Crippen LogP contribution in [0.25, 0.3) is 0 Å². The lowest BCUT2D eigenvalue weighted by molar-refractivity contribution is -0.118. The van der Waals surface area contributed by atoms with Gasteiger partial charge in [0.2, 0.25) is 5.91 Å². The van der Waals surface area contributed by atoms with Gasteiger partial charge in [-0.25, -0.2) is 4.98 Å². The third kappa shape index (κ3) is 5.14. The van der Waals surface area contributed by atoms with Gasteiger partial charge >= 0.3 is 0 Å². The molecule has 140 valence electrons. The molecule has 1 aromatic heterocycles. The second-order valence-corrected chi connectivity index (χ2v) is 8.66. The van der Waals surface area contributed by atoms with Gasteiger partial charge in [0.1, 0.15) is 6.04 Å². The van der Waals surface area contributed by atoms with Gasteiger partial charge < -0.3 is 10.6 Å². The summed E-state index contributed by atoms with van der Waals surface area (Å²) < 4.78 is 0. The van der Waals surface area contributed by atoms with E-state index in [4.69, 9.17) is 0 Å². The molecule has 0 saturated carbocycles. The molecule has 5 nitrogen and oxygen atoms in total. The Morgan fingerprint density at radius 2 is 1.73 bits per heavy atom. The van der Waals surface area contributed by atoms with Crippen LogP contribution >= 0.6 is 11.3 Å². The Morgan fingerprint density at radius 1 is 1.12 bits per heavy atom. The van der Waals surface area contributed by atoms with E-state index in [1.54, 1.807) is 12.1 Å². The number of rotatable bonds is 5. The minimum atomic E-state index is -0.631. The number of aromatic nitrogens is 1. The first-order valence-electron chi connectivity index (χ1n) is 8.72. The number of hydrogen-bond acceptors (Lipinski definition) is 4. The molecule has 0 unspecified atom stereocenters. The van der Waals surface area contributed by atoms with Gasteiger partial charge in [0.15, 0.2) is 5.13 Å². The fraction of sp³-hybridized carbons (Fsp3) is 0.450. The molecule has 0 bridgehead atoms. The van der Waals surface area contributed by atoms with Crippen LogP contribution in [0, 0.1) is 12.8 Å².